The van der Waals surface area contributed by atoms with Gasteiger partial charge in [0.05, 0.1) is 13.2 Å². The van der Waals surface area contributed by atoms with Gasteiger partial charge in [0, 0.05) is 13.1 Å². The zero-order valence-corrected chi connectivity index (χ0v) is 14.5. The summed E-state index contributed by atoms with van der Waals surface area (Å²) >= 11 is 0. The van der Waals surface area contributed by atoms with Crippen LogP contribution in [0.2, 0.25) is 0 Å². The second-order valence-corrected chi connectivity index (χ2v) is 5.68. The molecule has 0 aliphatic heterocycles. The van der Waals surface area contributed by atoms with Gasteiger partial charge in [0.2, 0.25) is 0 Å². The van der Waals surface area contributed by atoms with Crippen LogP contribution in [-0.2, 0) is 0 Å². The van der Waals surface area contributed by atoms with Crippen LogP contribution in [0.15, 0.2) is 48.5 Å². The maximum atomic E-state index is 12.8. The fourth-order valence-electron chi connectivity index (χ4n) is 2.31. The molecule has 0 heterocycles. The molecule has 0 unspecified atom stereocenters. The molecule has 0 aromatic heterocycles. The van der Waals surface area contributed by atoms with Gasteiger partial charge in [-0.25, -0.2) is 8.78 Å². The Bertz CT molecular complexity index is 625. The van der Waals surface area contributed by atoms with Crippen molar-refractivity contribution < 1.29 is 18.3 Å². The van der Waals surface area contributed by atoms with Gasteiger partial charge in [-0.15, -0.1) is 0 Å². The number of halogens is 2. The Morgan fingerprint density at radius 3 is 1.54 bits per heavy atom. The Kier molecular flexibility index (Phi) is 7.67. The molecule has 2 aromatic rings. The monoisotopic (exact) mass is 363 g/mol. The average Bonchev–Trinajstić information content (AvgIpc) is 2.63. The lowest BCUT2D eigenvalue weighted by molar-refractivity contribution is 0.263. The minimum absolute atomic E-state index is 0.00596. The second-order valence-electron chi connectivity index (χ2n) is 5.68. The van der Waals surface area contributed by atoms with Crippen molar-refractivity contribution in [2.75, 3.05) is 26.3 Å². The van der Waals surface area contributed by atoms with Crippen LogP contribution >= 0.6 is 0 Å². The van der Waals surface area contributed by atoms with Crippen molar-refractivity contribution in [2.45, 2.75) is 12.8 Å². The highest BCUT2D eigenvalue weighted by atomic mass is 19.1. The van der Waals surface area contributed by atoms with Crippen LogP contribution < -0.4 is 15.2 Å². The van der Waals surface area contributed by atoms with E-state index in [1.165, 1.54) is 24.3 Å². The van der Waals surface area contributed by atoms with E-state index in [2.05, 4.69) is 0 Å². The predicted octanol–water partition coefficient (Wildman–Crippen LogP) is 3.40. The van der Waals surface area contributed by atoms with Crippen molar-refractivity contribution in [1.29, 1.82) is 5.41 Å². The van der Waals surface area contributed by atoms with Crippen molar-refractivity contribution in [1.82, 2.24) is 4.90 Å². The first-order chi connectivity index (χ1) is 12.5. The van der Waals surface area contributed by atoms with Crippen LogP contribution in [0.5, 0.6) is 11.5 Å². The van der Waals surface area contributed by atoms with Crippen LogP contribution in [0.1, 0.15) is 12.8 Å². The summed E-state index contributed by atoms with van der Waals surface area (Å²) in [4.78, 5) is 1.74. The van der Waals surface area contributed by atoms with E-state index in [4.69, 9.17) is 20.6 Å². The first-order valence-electron chi connectivity index (χ1n) is 8.40. The van der Waals surface area contributed by atoms with Crippen molar-refractivity contribution in [3.63, 3.8) is 0 Å². The molecule has 0 atom stereocenters. The number of rotatable bonds is 10. The van der Waals surface area contributed by atoms with Crippen molar-refractivity contribution >= 4 is 5.96 Å². The van der Waals surface area contributed by atoms with Crippen LogP contribution in [-0.4, -0.2) is 37.2 Å². The Hall–Kier alpha value is -2.83. The third-order valence-corrected chi connectivity index (χ3v) is 3.65. The molecular formula is C19H23F2N3O2. The molecule has 2 rings (SSSR count). The summed E-state index contributed by atoms with van der Waals surface area (Å²) < 4.78 is 36.7. The SMILES string of the molecule is N=C(N)N(CCCOc1ccc(F)cc1)CCCOc1ccc(F)cc1. The molecule has 0 bridgehead atoms. The molecule has 5 nitrogen and oxygen atoms in total. The van der Waals surface area contributed by atoms with E-state index < -0.39 is 0 Å². The first kappa shape index (κ1) is 19.5. The minimum Gasteiger partial charge on any atom is -0.494 e. The first-order valence-corrected chi connectivity index (χ1v) is 8.40. The van der Waals surface area contributed by atoms with Gasteiger partial charge in [-0.3, -0.25) is 5.41 Å². The largest absolute Gasteiger partial charge is 0.494 e. The number of hydrogen-bond donors (Lipinski definition) is 2. The summed E-state index contributed by atoms with van der Waals surface area (Å²) in [6, 6.07) is 11.7. The normalized spacial score (nSPS) is 10.4. The molecule has 7 heteroatoms. The van der Waals surface area contributed by atoms with Gasteiger partial charge in [-0.2, -0.15) is 0 Å². The van der Waals surface area contributed by atoms with Crippen LogP contribution in [0.25, 0.3) is 0 Å². The van der Waals surface area contributed by atoms with Gasteiger partial charge in [-0.05, 0) is 61.4 Å². The number of nitrogens with one attached hydrogen (secondary N) is 1. The highest BCUT2D eigenvalue weighted by Gasteiger charge is 2.07. The molecule has 0 aliphatic rings. The highest BCUT2D eigenvalue weighted by Crippen LogP contribution is 2.12. The standard InChI is InChI=1S/C19H23F2N3O2/c20-15-3-7-17(8-4-15)25-13-1-11-24(19(22)23)12-2-14-26-18-9-5-16(21)6-10-18/h3-10H,1-2,11-14H2,(H3,22,23). The Labute approximate surface area is 151 Å². The fourth-order valence-corrected chi connectivity index (χ4v) is 2.31. The van der Waals surface area contributed by atoms with Crippen LogP contribution in [0, 0.1) is 17.0 Å². The third-order valence-electron chi connectivity index (χ3n) is 3.65. The summed E-state index contributed by atoms with van der Waals surface area (Å²) in [6.07, 6.45) is 1.35. The van der Waals surface area contributed by atoms with E-state index in [-0.39, 0.29) is 17.6 Å². The minimum atomic E-state index is -0.303. The number of guanidine groups is 1. The molecular weight excluding hydrogens is 340 g/mol. The molecule has 0 fully saturated rings. The molecule has 0 radical (unpaired) electrons. The summed E-state index contributed by atoms with van der Waals surface area (Å²) in [5, 5.41) is 7.64. The Morgan fingerprint density at radius 2 is 1.19 bits per heavy atom. The van der Waals surface area contributed by atoms with E-state index in [1.54, 1.807) is 29.2 Å². The summed E-state index contributed by atoms with van der Waals surface area (Å²) in [6.45, 7) is 2.04. The van der Waals surface area contributed by atoms with Gasteiger partial charge in [0.25, 0.3) is 0 Å². The third kappa shape index (κ3) is 6.96. The van der Waals surface area contributed by atoms with Gasteiger partial charge < -0.3 is 20.1 Å². The van der Waals surface area contributed by atoms with Crippen molar-refractivity contribution in [3.05, 3.63) is 60.2 Å². The summed E-state index contributed by atoms with van der Waals surface area (Å²) in [5.74, 6) is 0.599. The van der Waals surface area contributed by atoms with E-state index in [0.29, 0.717) is 50.6 Å². The lowest BCUT2D eigenvalue weighted by Gasteiger charge is -2.22. The number of hydrogen-bond acceptors (Lipinski definition) is 3. The maximum Gasteiger partial charge on any atom is 0.188 e. The number of nitrogens with zero attached hydrogens (tertiary/aromatic N) is 1. The highest BCUT2D eigenvalue weighted by molar-refractivity contribution is 5.74. The zero-order valence-electron chi connectivity index (χ0n) is 14.5. The summed E-state index contributed by atoms with van der Waals surface area (Å²) in [5.41, 5.74) is 5.60. The number of benzene rings is 2. The van der Waals surface area contributed by atoms with Gasteiger partial charge >= 0.3 is 0 Å². The molecule has 0 aliphatic carbocycles. The summed E-state index contributed by atoms with van der Waals surface area (Å²) in [7, 11) is 0. The molecule has 2 aromatic carbocycles. The van der Waals surface area contributed by atoms with Gasteiger partial charge in [0.1, 0.15) is 23.1 Å². The average molecular weight is 363 g/mol. The molecule has 0 saturated carbocycles. The van der Waals surface area contributed by atoms with E-state index in [1.807, 2.05) is 0 Å². The van der Waals surface area contributed by atoms with E-state index in [0.717, 1.165) is 0 Å². The molecule has 0 amide bonds. The Morgan fingerprint density at radius 1 is 0.808 bits per heavy atom. The number of ether oxygens (including phenoxy) is 2. The second kappa shape index (κ2) is 10.2. The molecule has 26 heavy (non-hydrogen) atoms. The number of nitrogens with two attached hydrogens (primary N) is 1. The molecule has 140 valence electrons. The molecule has 3 N–H and O–H groups in total. The maximum absolute atomic E-state index is 12.8. The fraction of sp³-hybridized carbons (Fsp3) is 0.316. The Balaban J connectivity index is 1.63. The quantitative estimate of drug-likeness (QED) is 0.386. The van der Waals surface area contributed by atoms with Crippen LogP contribution in [0.3, 0.4) is 0 Å². The van der Waals surface area contributed by atoms with Crippen molar-refractivity contribution in [3.8, 4) is 11.5 Å². The van der Waals surface area contributed by atoms with E-state index in [9.17, 15) is 8.78 Å². The molecule has 0 spiro atoms. The molecule has 0 saturated heterocycles. The van der Waals surface area contributed by atoms with Crippen LogP contribution in [0.4, 0.5) is 8.78 Å². The lowest BCUT2D eigenvalue weighted by atomic mass is 10.3. The van der Waals surface area contributed by atoms with Gasteiger partial charge in [0.15, 0.2) is 5.96 Å². The zero-order chi connectivity index (χ0) is 18.8. The topological polar surface area (TPSA) is 71.6 Å². The van der Waals surface area contributed by atoms with Gasteiger partial charge in [-0.1, -0.05) is 0 Å². The lowest BCUT2D eigenvalue weighted by Crippen LogP contribution is -2.38. The van der Waals surface area contributed by atoms with Crippen molar-refractivity contribution in [2.24, 2.45) is 5.73 Å². The van der Waals surface area contributed by atoms with E-state index >= 15 is 0 Å². The smallest absolute Gasteiger partial charge is 0.188 e. The predicted molar refractivity (Wildman–Crippen MR) is 96.5 cm³/mol.